The third kappa shape index (κ3) is 11.1. The summed E-state index contributed by atoms with van der Waals surface area (Å²) in [5.74, 6) is -25.2. The standard InChI is InChI=1S/C31H27F10NO8/c32-20-22(34)26(38)30(27(39)23(20)35)49-18(44)8-10-46-12-15(42-17(43)14-48-16-6-4-2-1-3-5-7-16)13-47-11-9-19(45)50-31-28(40)24(36)21(33)25(37)29(31)41/h15-16H,1-4,6,8-14H2,(H,42,43). The van der Waals surface area contributed by atoms with E-state index in [9.17, 15) is 58.3 Å². The van der Waals surface area contributed by atoms with Crippen molar-refractivity contribution in [3.63, 3.8) is 0 Å². The summed E-state index contributed by atoms with van der Waals surface area (Å²) in [7, 11) is 0. The summed E-state index contributed by atoms with van der Waals surface area (Å²) in [4.78, 5) is 36.5. The van der Waals surface area contributed by atoms with Gasteiger partial charge in [-0.05, 0) is 19.3 Å². The van der Waals surface area contributed by atoms with Gasteiger partial charge in [0.2, 0.25) is 75.6 Å². The Morgan fingerprint density at radius 2 is 1.08 bits per heavy atom. The lowest BCUT2D eigenvalue weighted by molar-refractivity contribution is -0.136. The number of rotatable bonds is 16. The molecule has 0 spiro atoms. The van der Waals surface area contributed by atoms with Crippen LogP contribution in [0.2, 0.25) is 0 Å². The van der Waals surface area contributed by atoms with Crippen molar-refractivity contribution < 1.29 is 82.0 Å². The van der Waals surface area contributed by atoms with Crippen LogP contribution in [0.3, 0.4) is 0 Å². The predicted octanol–water partition coefficient (Wildman–Crippen LogP) is 5.24. The summed E-state index contributed by atoms with van der Waals surface area (Å²) in [6, 6.07) is -1.06. The molecule has 50 heavy (non-hydrogen) atoms. The van der Waals surface area contributed by atoms with Crippen molar-refractivity contribution in [1.29, 1.82) is 0 Å². The maximum atomic E-state index is 13.8. The molecule has 19 heteroatoms. The lowest BCUT2D eigenvalue weighted by Crippen LogP contribution is -2.44. The Balaban J connectivity index is 1.54. The largest absolute Gasteiger partial charge is 0.420 e. The van der Waals surface area contributed by atoms with E-state index in [4.69, 9.17) is 14.2 Å². The SMILES string of the molecule is O=C(COC1C#CCCCCC1)NC(COCCC(=O)Oc1c(F)c(F)c(F)c(F)c1F)COCCC(=O)Oc1c(F)c(F)c(F)c(F)c1F. The van der Waals surface area contributed by atoms with Crippen LogP contribution in [-0.4, -0.2) is 63.0 Å². The number of amides is 1. The molecule has 2 aromatic rings. The van der Waals surface area contributed by atoms with Gasteiger partial charge < -0.3 is 29.0 Å². The van der Waals surface area contributed by atoms with E-state index in [1.165, 1.54) is 0 Å². The molecule has 0 saturated heterocycles. The Morgan fingerprint density at radius 1 is 0.640 bits per heavy atom. The number of hydrogen-bond acceptors (Lipinski definition) is 8. The maximum absolute atomic E-state index is 13.8. The Morgan fingerprint density at radius 3 is 1.54 bits per heavy atom. The molecule has 1 aliphatic rings. The second-order valence-corrected chi connectivity index (χ2v) is 10.4. The van der Waals surface area contributed by atoms with Crippen molar-refractivity contribution in [2.24, 2.45) is 0 Å². The van der Waals surface area contributed by atoms with Crippen molar-refractivity contribution >= 4 is 17.8 Å². The van der Waals surface area contributed by atoms with Gasteiger partial charge >= 0.3 is 11.9 Å². The first-order valence-electron chi connectivity index (χ1n) is 14.7. The fourth-order valence-electron chi connectivity index (χ4n) is 4.12. The van der Waals surface area contributed by atoms with Crippen LogP contribution in [0.5, 0.6) is 11.5 Å². The highest BCUT2D eigenvalue weighted by Gasteiger charge is 2.30. The second-order valence-electron chi connectivity index (χ2n) is 10.4. The summed E-state index contributed by atoms with van der Waals surface area (Å²) >= 11 is 0. The molecular weight excluding hydrogens is 704 g/mol. The first-order valence-corrected chi connectivity index (χ1v) is 14.7. The van der Waals surface area contributed by atoms with Crippen LogP contribution >= 0.6 is 0 Å². The maximum Gasteiger partial charge on any atom is 0.313 e. The number of carbonyl (C=O) groups excluding carboxylic acids is 3. The first kappa shape index (κ1) is 40.0. The van der Waals surface area contributed by atoms with Gasteiger partial charge in [-0.1, -0.05) is 12.3 Å². The van der Waals surface area contributed by atoms with Gasteiger partial charge in [-0.2, -0.15) is 17.6 Å². The molecule has 1 aliphatic carbocycles. The lowest BCUT2D eigenvalue weighted by Gasteiger charge is -2.20. The molecule has 9 nitrogen and oxygen atoms in total. The van der Waals surface area contributed by atoms with Crippen LogP contribution in [0.25, 0.3) is 0 Å². The van der Waals surface area contributed by atoms with Crippen molar-refractivity contribution in [2.45, 2.75) is 57.1 Å². The zero-order chi connectivity index (χ0) is 37.0. The molecule has 1 amide bonds. The molecule has 0 aromatic heterocycles. The van der Waals surface area contributed by atoms with Gasteiger partial charge in [0.25, 0.3) is 0 Å². The van der Waals surface area contributed by atoms with Gasteiger partial charge in [0.15, 0.2) is 0 Å². The number of halogens is 10. The predicted molar refractivity (Wildman–Crippen MR) is 147 cm³/mol. The minimum Gasteiger partial charge on any atom is -0.420 e. The van der Waals surface area contributed by atoms with Crippen LogP contribution < -0.4 is 14.8 Å². The topological polar surface area (TPSA) is 109 Å². The highest BCUT2D eigenvalue weighted by molar-refractivity contribution is 5.77. The van der Waals surface area contributed by atoms with Crippen molar-refractivity contribution in [2.75, 3.05) is 33.0 Å². The average Bonchev–Trinajstić information content (AvgIpc) is 3.08. The van der Waals surface area contributed by atoms with Gasteiger partial charge in [0, 0.05) is 6.42 Å². The van der Waals surface area contributed by atoms with Crippen molar-refractivity contribution in [3.8, 4) is 23.3 Å². The number of benzene rings is 2. The third-order valence-corrected chi connectivity index (χ3v) is 6.62. The van der Waals surface area contributed by atoms with Crippen molar-refractivity contribution in [1.82, 2.24) is 5.32 Å². The van der Waals surface area contributed by atoms with Gasteiger partial charge in [-0.15, -0.1) is 5.92 Å². The number of ether oxygens (including phenoxy) is 5. The average molecular weight is 732 g/mol. The molecule has 1 unspecified atom stereocenters. The van der Waals surface area contributed by atoms with Crippen LogP contribution in [0.1, 0.15) is 44.9 Å². The molecule has 1 atom stereocenters. The summed E-state index contributed by atoms with van der Waals surface area (Å²) in [6.45, 7) is -2.48. The minimum absolute atomic E-state index is 0.445. The van der Waals surface area contributed by atoms with Crippen LogP contribution in [0.4, 0.5) is 43.9 Å². The van der Waals surface area contributed by atoms with E-state index in [1.54, 1.807) is 0 Å². The molecule has 0 fully saturated rings. The van der Waals surface area contributed by atoms with E-state index in [0.29, 0.717) is 12.8 Å². The molecule has 3 rings (SSSR count). The van der Waals surface area contributed by atoms with Crippen molar-refractivity contribution in [3.05, 3.63) is 58.2 Å². The van der Waals surface area contributed by atoms with Gasteiger partial charge in [0.05, 0.1) is 45.3 Å². The summed E-state index contributed by atoms with van der Waals surface area (Å²) in [6.07, 6.45) is 1.89. The number of hydrogen-bond donors (Lipinski definition) is 1. The van der Waals surface area contributed by atoms with Crippen LogP contribution in [0, 0.1) is 70.0 Å². The molecule has 0 aliphatic heterocycles. The fraction of sp³-hybridized carbons (Fsp3) is 0.452. The third-order valence-electron chi connectivity index (χ3n) is 6.62. The molecule has 0 bridgehead atoms. The Kier molecular flexibility index (Phi) is 15.3. The van der Waals surface area contributed by atoms with Crippen LogP contribution in [-0.2, 0) is 28.6 Å². The van der Waals surface area contributed by atoms with Gasteiger partial charge in [-0.3, -0.25) is 14.4 Å². The Hall–Kier alpha value is -4.41. The zero-order valence-electron chi connectivity index (χ0n) is 25.7. The number of nitrogens with one attached hydrogen (secondary N) is 1. The van der Waals surface area contributed by atoms with E-state index >= 15 is 0 Å². The molecule has 274 valence electrons. The molecule has 0 saturated carbocycles. The summed E-state index contributed by atoms with van der Waals surface area (Å²) in [5.41, 5.74) is 0. The van der Waals surface area contributed by atoms with Gasteiger partial charge in [-0.25, -0.2) is 26.3 Å². The summed E-state index contributed by atoms with van der Waals surface area (Å²) < 4.78 is 159. The van der Waals surface area contributed by atoms with Gasteiger partial charge in [0.1, 0.15) is 12.7 Å². The molecule has 1 N–H and O–H groups in total. The number of esters is 2. The monoisotopic (exact) mass is 731 g/mol. The fourth-order valence-corrected chi connectivity index (χ4v) is 4.12. The van der Waals surface area contributed by atoms with E-state index < -0.39 is 146 Å². The second kappa shape index (κ2) is 19.1. The highest BCUT2D eigenvalue weighted by atomic mass is 19.2. The van der Waals surface area contributed by atoms with Crippen LogP contribution in [0.15, 0.2) is 0 Å². The summed E-state index contributed by atoms with van der Waals surface area (Å²) in [5, 5.41) is 2.48. The first-order chi connectivity index (χ1) is 23.7. The quantitative estimate of drug-likeness (QED) is 0.0476. The van der Waals surface area contributed by atoms with E-state index in [2.05, 4.69) is 26.6 Å². The Bertz CT molecular complexity index is 1480. The van der Waals surface area contributed by atoms with E-state index in [-0.39, 0.29) is 0 Å². The highest BCUT2D eigenvalue weighted by Crippen LogP contribution is 2.30. The molecule has 2 aromatic carbocycles. The number of carbonyl (C=O) groups is 3. The molecule has 0 radical (unpaired) electrons. The minimum atomic E-state index is -2.46. The zero-order valence-corrected chi connectivity index (χ0v) is 25.7. The molecular formula is C31H27F10NO8. The normalized spacial score (nSPS) is 14.4. The Labute approximate surface area is 277 Å². The lowest BCUT2D eigenvalue weighted by atomic mass is 10.1. The molecule has 0 heterocycles. The smallest absolute Gasteiger partial charge is 0.313 e. The van der Waals surface area contributed by atoms with E-state index in [1.807, 2.05) is 0 Å². The van der Waals surface area contributed by atoms with E-state index in [0.717, 1.165) is 19.3 Å².